The smallest absolute Gasteiger partial charge is 0.314 e. The molecule has 0 saturated carbocycles. The van der Waals surface area contributed by atoms with Crippen LogP contribution in [0, 0.1) is 0 Å². The second-order valence-corrected chi connectivity index (χ2v) is 6.85. The maximum Gasteiger partial charge on any atom is 0.390 e. The highest BCUT2D eigenvalue weighted by atomic mass is 35.5. The first-order chi connectivity index (χ1) is 12.5. The Morgan fingerprint density at radius 1 is 0.857 bits per heavy atom. The van der Waals surface area contributed by atoms with E-state index >= 15 is 0 Å². The van der Waals surface area contributed by atoms with Crippen molar-refractivity contribution in [2.75, 3.05) is 26.2 Å². The van der Waals surface area contributed by atoms with E-state index in [-0.39, 0.29) is 24.8 Å². The van der Waals surface area contributed by atoms with Crippen LogP contribution >= 0.6 is 24.8 Å². The lowest BCUT2D eigenvalue weighted by Gasteiger charge is -2.36. The minimum absolute atomic E-state index is 0. The molecule has 28 heavy (non-hydrogen) atoms. The van der Waals surface area contributed by atoms with Gasteiger partial charge in [0.25, 0.3) is 0 Å². The van der Waals surface area contributed by atoms with E-state index in [2.05, 4.69) is 5.32 Å². The van der Waals surface area contributed by atoms with E-state index in [1.54, 1.807) is 0 Å². The number of hydrogen-bond donors (Lipinski definition) is 1. The van der Waals surface area contributed by atoms with Crippen molar-refractivity contribution in [3.8, 4) is 0 Å². The SMILES string of the molecule is Cl.Cl.FC(F)(F)C[C@H](c1cc2ccccc2c2ccccc12)N1CCNCC1. The maximum absolute atomic E-state index is 13.4. The van der Waals surface area contributed by atoms with Crippen LogP contribution in [0.3, 0.4) is 0 Å². The van der Waals surface area contributed by atoms with E-state index in [1.165, 1.54) is 0 Å². The molecule has 7 heteroatoms. The molecule has 3 aromatic rings. The molecular weight excluding hydrogens is 408 g/mol. The topological polar surface area (TPSA) is 15.3 Å². The lowest BCUT2D eigenvalue weighted by Crippen LogP contribution is -2.46. The van der Waals surface area contributed by atoms with Crippen molar-refractivity contribution in [1.82, 2.24) is 10.2 Å². The number of halogens is 5. The van der Waals surface area contributed by atoms with Gasteiger partial charge in [-0.25, -0.2) is 0 Å². The van der Waals surface area contributed by atoms with Gasteiger partial charge in [0.2, 0.25) is 0 Å². The Labute approximate surface area is 174 Å². The summed E-state index contributed by atoms with van der Waals surface area (Å²) in [6.45, 7) is 2.70. The van der Waals surface area contributed by atoms with Crippen molar-refractivity contribution in [2.45, 2.75) is 18.6 Å². The zero-order valence-corrected chi connectivity index (χ0v) is 16.8. The van der Waals surface area contributed by atoms with Gasteiger partial charge in [-0.2, -0.15) is 13.2 Å². The van der Waals surface area contributed by atoms with E-state index < -0.39 is 18.6 Å². The summed E-state index contributed by atoms with van der Waals surface area (Å²) in [6.07, 6.45) is -5.03. The van der Waals surface area contributed by atoms with Gasteiger partial charge >= 0.3 is 6.18 Å². The zero-order valence-electron chi connectivity index (χ0n) is 15.2. The lowest BCUT2D eigenvalue weighted by atomic mass is 9.91. The van der Waals surface area contributed by atoms with Crippen molar-refractivity contribution in [3.05, 3.63) is 60.2 Å². The molecule has 0 aromatic heterocycles. The highest BCUT2D eigenvalue weighted by molar-refractivity contribution is 6.09. The molecular formula is C21H23Cl2F3N2. The van der Waals surface area contributed by atoms with Gasteiger partial charge < -0.3 is 5.32 Å². The monoisotopic (exact) mass is 430 g/mol. The van der Waals surface area contributed by atoms with Gasteiger partial charge in [0.1, 0.15) is 0 Å². The van der Waals surface area contributed by atoms with Crippen LogP contribution in [-0.4, -0.2) is 37.3 Å². The molecule has 1 fully saturated rings. The Bertz CT molecular complexity index is 924. The van der Waals surface area contributed by atoms with Gasteiger partial charge in [-0.1, -0.05) is 48.5 Å². The van der Waals surface area contributed by atoms with Crippen LogP contribution in [0.4, 0.5) is 13.2 Å². The fourth-order valence-corrected chi connectivity index (χ4v) is 4.01. The maximum atomic E-state index is 13.4. The van der Waals surface area contributed by atoms with Crippen molar-refractivity contribution < 1.29 is 13.2 Å². The predicted octanol–water partition coefficient (Wildman–Crippen LogP) is 5.74. The number of alkyl halides is 3. The first kappa shape index (κ1) is 22.8. The number of rotatable bonds is 3. The van der Waals surface area contributed by atoms with Gasteiger partial charge in [-0.15, -0.1) is 24.8 Å². The number of hydrogen-bond acceptors (Lipinski definition) is 2. The number of benzene rings is 3. The van der Waals surface area contributed by atoms with Crippen molar-refractivity contribution in [1.29, 1.82) is 0 Å². The van der Waals surface area contributed by atoms with Crippen molar-refractivity contribution in [2.24, 2.45) is 0 Å². The van der Waals surface area contributed by atoms with Crippen molar-refractivity contribution in [3.63, 3.8) is 0 Å². The number of fused-ring (bicyclic) bond motifs is 3. The summed E-state index contributed by atoms with van der Waals surface area (Å²) in [5.74, 6) is 0. The largest absolute Gasteiger partial charge is 0.390 e. The van der Waals surface area contributed by atoms with Crippen molar-refractivity contribution >= 4 is 46.4 Å². The Morgan fingerprint density at radius 2 is 1.43 bits per heavy atom. The van der Waals surface area contributed by atoms with Gasteiger partial charge in [0.05, 0.1) is 6.42 Å². The fourth-order valence-electron chi connectivity index (χ4n) is 4.01. The van der Waals surface area contributed by atoms with E-state index in [0.717, 1.165) is 40.2 Å². The Kier molecular flexibility index (Phi) is 7.57. The summed E-state index contributed by atoms with van der Waals surface area (Å²) in [7, 11) is 0. The lowest BCUT2D eigenvalue weighted by molar-refractivity contribution is -0.148. The summed E-state index contributed by atoms with van der Waals surface area (Å²) in [5.41, 5.74) is 0.776. The third kappa shape index (κ3) is 4.71. The van der Waals surface area contributed by atoms with Gasteiger partial charge in [0.15, 0.2) is 0 Å². The third-order valence-electron chi connectivity index (χ3n) is 5.18. The second-order valence-electron chi connectivity index (χ2n) is 6.85. The predicted molar refractivity (Wildman–Crippen MR) is 114 cm³/mol. The summed E-state index contributed by atoms with van der Waals surface area (Å²) >= 11 is 0. The quantitative estimate of drug-likeness (QED) is 0.533. The molecule has 0 aliphatic carbocycles. The highest BCUT2D eigenvalue weighted by Gasteiger charge is 2.36. The molecule has 1 atom stereocenters. The molecule has 1 heterocycles. The standard InChI is InChI=1S/C21H21F3N2.2ClH/c22-21(23,24)14-20(26-11-9-25-10-12-26)19-13-15-5-1-2-6-16(15)17-7-3-4-8-18(17)19;;/h1-8,13,20,25H,9-12,14H2;2*1H/t20-;;/m1../s1. The van der Waals surface area contributed by atoms with E-state index in [4.69, 9.17) is 0 Å². The summed E-state index contributed by atoms with van der Waals surface area (Å²) < 4.78 is 40.3. The van der Waals surface area contributed by atoms with Gasteiger partial charge in [-0.05, 0) is 33.2 Å². The van der Waals surface area contributed by atoms with E-state index in [9.17, 15) is 13.2 Å². The van der Waals surface area contributed by atoms with E-state index in [1.807, 2.05) is 59.5 Å². The fraction of sp³-hybridized carbons (Fsp3) is 0.333. The molecule has 0 bridgehead atoms. The molecule has 1 N–H and O–H groups in total. The number of piperazine rings is 1. The molecule has 4 rings (SSSR count). The number of nitrogens with one attached hydrogen (secondary N) is 1. The Morgan fingerprint density at radius 3 is 2.07 bits per heavy atom. The first-order valence-corrected chi connectivity index (χ1v) is 8.95. The average Bonchev–Trinajstić information content (AvgIpc) is 2.66. The molecule has 3 aromatic carbocycles. The Balaban J connectivity index is 0.00000140. The number of nitrogens with zero attached hydrogens (tertiary/aromatic N) is 1. The summed E-state index contributed by atoms with van der Waals surface area (Å²) in [6, 6.07) is 17.0. The van der Waals surface area contributed by atoms with Crippen LogP contribution in [0.2, 0.25) is 0 Å². The minimum atomic E-state index is -4.21. The highest BCUT2D eigenvalue weighted by Crippen LogP contribution is 2.39. The van der Waals surface area contributed by atoms with Crippen LogP contribution in [0.15, 0.2) is 54.6 Å². The Hall–Kier alpha value is -1.53. The molecule has 1 aliphatic rings. The molecule has 2 nitrogen and oxygen atoms in total. The molecule has 0 unspecified atom stereocenters. The summed E-state index contributed by atoms with van der Waals surface area (Å²) in [5, 5.41) is 7.23. The van der Waals surface area contributed by atoms with Crippen LogP contribution < -0.4 is 5.32 Å². The van der Waals surface area contributed by atoms with Crippen LogP contribution in [-0.2, 0) is 0 Å². The molecule has 0 radical (unpaired) electrons. The molecule has 1 saturated heterocycles. The van der Waals surface area contributed by atoms with Crippen LogP contribution in [0.5, 0.6) is 0 Å². The normalized spacial score (nSPS) is 16.4. The third-order valence-corrected chi connectivity index (χ3v) is 5.18. The zero-order chi connectivity index (χ0) is 18.1. The molecule has 1 aliphatic heterocycles. The van der Waals surface area contributed by atoms with Gasteiger partial charge in [-0.3, -0.25) is 4.90 Å². The minimum Gasteiger partial charge on any atom is -0.314 e. The van der Waals surface area contributed by atoms with Crippen LogP contribution in [0.25, 0.3) is 21.5 Å². The summed E-state index contributed by atoms with van der Waals surface area (Å²) in [4.78, 5) is 1.97. The van der Waals surface area contributed by atoms with E-state index in [0.29, 0.717) is 13.1 Å². The molecule has 0 spiro atoms. The average molecular weight is 431 g/mol. The first-order valence-electron chi connectivity index (χ1n) is 8.95. The van der Waals surface area contributed by atoms with Gasteiger partial charge in [0, 0.05) is 32.2 Å². The van der Waals surface area contributed by atoms with Crippen LogP contribution in [0.1, 0.15) is 18.0 Å². The molecule has 152 valence electrons. The molecule has 0 amide bonds. The second kappa shape index (κ2) is 9.31.